The molecule has 0 aromatic carbocycles. The minimum atomic E-state index is -0.216. The second kappa shape index (κ2) is 11.5. The molecule has 0 saturated carbocycles. The molecule has 29 heavy (non-hydrogen) atoms. The van der Waals surface area contributed by atoms with Gasteiger partial charge in [-0.25, -0.2) is 0 Å². The van der Waals surface area contributed by atoms with Crippen molar-refractivity contribution in [1.29, 1.82) is 0 Å². The zero-order valence-corrected chi connectivity index (χ0v) is 18.0. The van der Waals surface area contributed by atoms with E-state index in [9.17, 15) is 9.59 Å². The molecular formula is C23H37N3O3. The Balaban J connectivity index is 1.68. The van der Waals surface area contributed by atoms with E-state index < -0.39 is 0 Å². The van der Waals surface area contributed by atoms with Crippen LogP contribution in [0.3, 0.4) is 0 Å². The summed E-state index contributed by atoms with van der Waals surface area (Å²) in [5.41, 5.74) is 2.60. The van der Waals surface area contributed by atoms with Crippen molar-refractivity contribution >= 4 is 5.91 Å². The molecule has 162 valence electrons. The maximum atomic E-state index is 13.1. The van der Waals surface area contributed by atoms with Crippen molar-refractivity contribution in [2.24, 2.45) is 0 Å². The zero-order valence-electron chi connectivity index (χ0n) is 18.0. The van der Waals surface area contributed by atoms with Crippen molar-refractivity contribution < 1.29 is 9.53 Å². The van der Waals surface area contributed by atoms with Crippen molar-refractivity contribution in [3.05, 3.63) is 33.2 Å². The molecule has 6 heteroatoms. The summed E-state index contributed by atoms with van der Waals surface area (Å²) in [5.74, 6) is -0.216. The lowest BCUT2D eigenvalue weighted by Crippen LogP contribution is -2.39. The summed E-state index contributed by atoms with van der Waals surface area (Å²) < 4.78 is 7.28. The van der Waals surface area contributed by atoms with E-state index in [4.69, 9.17) is 4.74 Å². The van der Waals surface area contributed by atoms with Gasteiger partial charge < -0.3 is 14.6 Å². The van der Waals surface area contributed by atoms with E-state index in [1.54, 1.807) is 0 Å². The van der Waals surface area contributed by atoms with Gasteiger partial charge in [-0.05, 0) is 56.7 Å². The Labute approximate surface area is 174 Å². The van der Waals surface area contributed by atoms with E-state index in [0.717, 1.165) is 84.3 Å². The zero-order chi connectivity index (χ0) is 20.5. The molecule has 1 fully saturated rings. The quantitative estimate of drug-likeness (QED) is 0.678. The number of fused-ring (bicyclic) bond motifs is 1. The molecule has 1 saturated heterocycles. The standard InChI is InChI=1S/C23H37N3O3/c1-2-3-13-26-21-10-7-5-4-6-9-19(21)18-20(23(26)28)22(27)24-11-8-12-25-14-16-29-17-15-25/h18H,2-17H2,1H3,(H,24,27). The number of nitrogens with zero attached hydrogens (tertiary/aromatic N) is 2. The number of rotatable bonds is 8. The van der Waals surface area contributed by atoms with Crippen LogP contribution in [0, 0.1) is 0 Å². The first-order valence-corrected chi connectivity index (χ1v) is 11.5. The summed E-state index contributed by atoms with van der Waals surface area (Å²) in [4.78, 5) is 28.3. The minimum Gasteiger partial charge on any atom is -0.379 e. The number of carbonyl (C=O) groups excluding carboxylic acids is 1. The highest BCUT2D eigenvalue weighted by molar-refractivity contribution is 5.94. The van der Waals surface area contributed by atoms with Gasteiger partial charge in [0, 0.05) is 31.9 Å². The molecule has 1 aromatic rings. The summed E-state index contributed by atoms with van der Waals surface area (Å²) in [6.07, 6.45) is 9.56. The number of hydrogen-bond acceptors (Lipinski definition) is 4. The maximum Gasteiger partial charge on any atom is 0.263 e. The Hall–Kier alpha value is -1.66. The number of nitrogens with one attached hydrogen (secondary N) is 1. The summed E-state index contributed by atoms with van der Waals surface area (Å²) in [6.45, 7) is 7.91. The third-order valence-electron chi connectivity index (χ3n) is 6.12. The number of ether oxygens (including phenoxy) is 1. The summed E-state index contributed by atoms with van der Waals surface area (Å²) in [7, 11) is 0. The molecule has 2 aliphatic rings. The second-order valence-corrected chi connectivity index (χ2v) is 8.32. The predicted molar refractivity (Wildman–Crippen MR) is 116 cm³/mol. The third-order valence-corrected chi connectivity index (χ3v) is 6.12. The van der Waals surface area contributed by atoms with Gasteiger partial charge in [0.05, 0.1) is 13.2 Å². The molecule has 3 rings (SSSR count). The summed E-state index contributed by atoms with van der Waals surface area (Å²) in [6, 6.07) is 1.89. The molecule has 0 radical (unpaired) electrons. The molecule has 6 nitrogen and oxygen atoms in total. The number of hydrogen-bond donors (Lipinski definition) is 1. The number of aryl methyl sites for hydroxylation is 1. The SMILES string of the molecule is CCCCn1c2c(cc(C(=O)NCCCN3CCOCC3)c1=O)CCCCCC2. The molecule has 0 spiro atoms. The highest BCUT2D eigenvalue weighted by Crippen LogP contribution is 2.20. The smallest absolute Gasteiger partial charge is 0.263 e. The number of unbranched alkanes of at least 4 members (excludes halogenated alkanes) is 1. The van der Waals surface area contributed by atoms with Crippen LogP contribution < -0.4 is 10.9 Å². The van der Waals surface area contributed by atoms with E-state index in [2.05, 4.69) is 17.1 Å². The monoisotopic (exact) mass is 403 g/mol. The second-order valence-electron chi connectivity index (χ2n) is 8.32. The van der Waals surface area contributed by atoms with Gasteiger partial charge in [0.2, 0.25) is 0 Å². The van der Waals surface area contributed by atoms with E-state index in [0.29, 0.717) is 12.1 Å². The highest BCUT2D eigenvalue weighted by Gasteiger charge is 2.20. The molecule has 1 amide bonds. The molecule has 1 aliphatic carbocycles. The van der Waals surface area contributed by atoms with Crippen LogP contribution in [0.15, 0.2) is 10.9 Å². The molecule has 0 bridgehead atoms. The van der Waals surface area contributed by atoms with Crippen LogP contribution in [0.1, 0.15) is 73.5 Å². The molecule has 1 N–H and O–H groups in total. The maximum absolute atomic E-state index is 13.1. The van der Waals surface area contributed by atoms with E-state index in [1.165, 1.54) is 24.1 Å². The largest absolute Gasteiger partial charge is 0.379 e. The fraction of sp³-hybridized carbons (Fsp3) is 0.739. The average molecular weight is 404 g/mol. The first-order valence-electron chi connectivity index (χ1n) is 11.5. The Morgan fingerprint density at radius 3 is 2.59 bits per heavy atom. The Bertz CT molecular complexity index is 723. The summed E-state index contributed by atoms with van der Waals surface area (Å²) in [5, 5.41) is 2.99. The fourth-order valence-corrected chi connectivity index (χ4v) is 4.37. The first-order chi connectivity index (χ1) is 14.2. The predicted octanol–water partition coefficient (Wildman–Crippen LogP) is 2.76. The number of carbonyl (C=O) groups is 1. The molecule has 1 aliphatic heterocycles. The molecule has 0 atom stereocenters. The normalized spacial score (nSPS) is 18.0. The minimum absolute atomic E-state index is 0.108. The van der Waals surface area contributed by atoms with Gasteiger partial charge in [0.15, 0.2) is 0 Å². The molecule has 2 heterocycles. The topological polar surface area (TPSA) is 63.6 Å². The van der Waals surface area contributed by atoms with Crippen LogP contribution in [-0.2, 0) is 24.1 Å². The van der Waals surface area contributed by atoms with Gasteiger partial charge in [-0.3, -0.25) is 14.5 Å². The average Bonchev–Trinajstić information content (AvgIpc) is 2.72. The fourth-order valence-electron chi connectivity index (χ4n) is 4.37. The number of morpholine rings is 1. The van der Waals surface area contributed by atoms with Crippen molar-refractivity contribution in [2.45, 2.75) is 71.3 Å². The van der Waals surface area contributed by atoms with Gasteiger partial charge in [-0.1, -0.05) is 26.2 Å². The number of aromatic nitrogens is 1. The van der Waals surface area contributed by atoms with Crippen molar-refractivity contribution in [2.75, 3.05) is 39.4 Å². The first kappa shape index (κ1) is 22.0. The molecule has 0 unspecified atom stereocenters. The van der Waals surface area contributed by atoms with Crippen molar-refractivity contribution in [1.82, 2.24) is 14.8 Å². The van der Waals surface area contributed by atoms with Gasteiger partial charge >= 0.3 is 0 Å². The van der Waals surface area contributed by atoms with Crippen LogP contribution in [0.4, 0.5) is 0 Å². The third kappa shape index (κ3) is 6.16. The lowest BCUT2D eigenvalue weighted by Gasteiger charge is -2.26. The van der Waals surface area contributed by atoms with Crippen LogP contribution in [0.5, 0.6) is 0 Å². The van der Waals surface area contributed by atoms with E-state index >= 15 is 0 Å². The van der Waals surface area contributed by atoms with Crippen LogP contribution in [0.2, 0.25) is 0 Å². The lowest BCUT2D eigenvalue weighted by atomic mass is 9.95. The van der Waals surface area contributed by atoms with Gasteiger partial charge in [-0.15, -0.1) is 0 Å². The van der Waals surface area contributed by atoms with Gasteiger partial charge in [-0.2, -0.15) is 0 Å². The number of amides is 1. The van der Waals surface area contributed by atoms with Crippen molar-refractivity contribution in [3.8, 4) is 0 Å². The van der Waals surface area contributed by atoms with Crippen LogP contribution in [-0.4, -0.2) is 54.8 Å². The van der Waals surface area contributed by atoms with E-state index in [1.807, 2.05) is 10.6 Å². The van der Waals surface area contributed by atoms with Crippen LogP contribution >= 0.6 is 0 Å². The lowest BCUT2D eigenvalue weighted by molar-refractivity contribution is 0.0374. The van der Waals surface area contributed by atoms with Crippen molar-refractivity contribution in [3.63, 3.8) is 0 Å². The molecule has 1 aromatic heterocycles. The summed E-state index contributed by atoms with van der Waals surface area (Å²) >= 11 is 0. The van der Waals surface area contributed by atoms with Gasteiger partial charge in [0.1, 0.15) is 5.56 Å². The van der Waals surface area contributed by atoms with E-state index in [-0.39, 0.29) is 11.5 Å². The number of pyridine rings is 1. The Morgan fingerprint density at radius 1 is 1.07 bits per heavy atom. The Morgan fingerprint density at radius 2 is 1.83 bits per heavy atom. The van der Waals surface area contributed by atoms with Crippen LogP contribution in [0.25, 0.3) is 0 Å². The Kier molecular flexibility index (Phi) is 8.74. The van der Waals surface area contributed by atoms with Gasteiger partial charge in [0.25, 0.3) is 11.5 Å². The molecular weight excluding hydrogens is 366 g/mol. The highest BCUT2D eigenvalue weighted by atomic mass is 16.5.